The largest absolute Gasteiger partial charge is 0.353 e. The van der Waals surface area contributed by atoms with Crippen molar-refractivity contribution in [1.29, 1.82) is 0 Å². The van der Waals surface area contributed by atoms with Crippen LogP contribution >= 0.6 is 24.2 Å². The zero-order chi connectivity index (χ0) is 14.1. The first-order valence-corrected chi connectivity index (χ1v) is 8.84. The molecule has 0 spiro atoms. The summed E-state index contributed by atoms with van der Waals surface area (Å²) in [5, 5.41) is 2.97. The molecule has 1 heterocycles. The molecule has 1 aliphatic rings. The van der Waals surface area contributed by atoms with Gasteiger partial charge in [-0.2, -0.15) is 11.8 Å². The molecule has 0 bridgehead atoms. The average Bonchev–Trinajstić information content (AvgIpc) is 2.45. The number of carbonyl (C=O) groups is 1. The number of amides is 1. The zero-order valence-electron chi connectivity index (χ0n) is 12.8. The molecular weight excluding hydrogens is 294 g/mol. The van der Waals surface area contributed by atoms with Gasteiger partial charge in [0.15, 0.2) is 0 Å². The second kappa shape index (κ2) is 11.7. The summed E-state index contributed by atoms with van der Waals surface area (Å²) in [4.78, 5) is 14.3. The van der Waals surface area contributed by atoms with E-state index in [0.717, 1.165) is 25.3 Å². The van der Waals surface area contributed by atoms with E-state index >= 15 is 0 Å². The fraction of sp³-hybridized carbons (Fsp3) is 0.929. The molecule has 1 amide bonds. The molecule has 0 saturated carbocycles. The Labute approximate surface area is 134 Å². The molecule has 120 valence electrons. The third-order valence-electron chi connectivity index (χ3n) is 3.89. The minimum absolute atomic E-state index is 0. The van der Waals surface area contributed by atoms with E-state index in [2.05, 4.69) is 17.1 Å². The SMILES string of the molecule is CCC1CCCCN1CCNC(=O)[C@@H](N)CCSC.Cl. The number of likely N-dealkylation sites (tertiary alicyclic amines) is 1. The maximum absolute atomic E-state index is 11.8. The van der Waals surface area contributed by atoms with Crippen molar-refractivity contribution >= 4 is 30.1 Å². The van der Waals surface area contributed by atoms with Gasteiger partial charge >= 0.3 is 0 Å². The van der Waals surface area contributed by atoms with Crippen LogP contribution in [0.25, 0.3) is 0 Å². The van der Waals surface area contributed by atoms with Crippen molar-refractivity contribution in [2.45, 2.75) is 51.1 Å². The van der Waals surface area contributed by atoms with Gasteiger partial charge in [0.25, 0.3) is 0 Å². The lowest BCUT2D eigenvalue weighted by Crippen LogP contribution is -2.46. The van der Waals surface area contributed by atoms with Crippen LogP contribution in [0.2, 0.25) is 0 Å². The Morgan fingerprint density at radius 2 is 2.25 bits per heavy atom. The summed E-state index contributed by atoms with van der Waals surface area (Å²) in [6.07, 6.45) is 7.94. The number of nitrogens with one attached hydrogen (secondary N) is 1. The molecule has 4 nitrogen and oxygen atoms in total. The molecule has 1 rings (SSSR count). The van der Waals surface area contributed by atoms with Crippen molar-refractivity contribution < 1.29 is 4.79 Å². The van der Waals surface area contributed by atoms with Crippen LogP contribution in [-0.2, 0) is 4.79 Å². The lowest BCUT2D eigenvalue weighted by Gasteiger charge is -2.35. The van der Waals surface area contributed by atoms with Gasteiger partial charge in [0, 0.05) is 19.1 Å². The first-order valence-electron chi connectivity index (χ1n) is 7.45. The molecule has 1 fully saturated rings. The van der Waals surface area contributed by atoms with E-state index < -0.39 is 0 Å². The smallest absolute Gasteiger partial charge is 0.236 e. The normalized spacial score (nSPS) is 21.1. The maximum atomic E-state index is 11.8. The van der Waals surface area contributed by atoms with Gasteiger partial charge in [-0.3, -0.25) is 9.69 Å². The van der Waals surface area contributed by atoms with Gasteiger partial charge in [0.05, 0.1) is 6.04 Å². The number of nitrogens with two attached hydrogens (primary N) is 1. The first kappa shape index (κ1) is 20.0. The highest BCUT2D eigenvalue weighted by molar-refractivity contribution is 7.98. The van der Waals surface area contributed by atoms with Crippen molar-refractivity contribution in [1.82, 2.24) is 10.2 Å². The van der Waals surface area contributed by atoms with Crippen molar-refractivity contribution in [3.8, 4) is 0 Å². The summed E-state index contributed by atoms with van der Waals surface area (Å²) < 4.78 is 0. The van der Waals surface area contributed by atoms with E-state index in [-0.39, 0.29) is 24.4 Å². The van der Waals surface area contributed by atoms with Crippen LogP contribution in [0.1, 0.15) is 39.0 Å². The van der Waals surface area contributed by atoms with E-state index in [4.69, 9.17) is 5.73 Å². The fourth-order valence-corrected chi connectivity index (χ4v) is 3.14. The van der Waals surface area contributed by atoms with Gasteiger partial charge in [0.1, 0.15) is 0 Å². The number of hydrogen-bond acceptors (Lipinski definition) is 4. The molecule has 3 N–H and O–H groups in total. The van der Waals surface area contributed by atoms with Crippen LogP contribution in [-0.4, -0.2) is 54.5 Å². The Kier molecular flexibility index (Phi) is 11.7. The maximum Gasteiger partial charge on any atom is 0.236 e. The summed E-state index contributed by atoms with van der Waals surface area (Å²) in [7, 11) is 0. The van der Waals surface area contributed by atoms with Gasteiger partial charge < -0.3 is 11.1 Å². The van der Waals surface area contributed by atoms with E-state index in [1.807, 2.05) is 6.26 Å². The van der Waals surface area contributed by atoms with Crippen molar-refractivity contribution in [2.75, 3.05) is 31.6 Å². The molecule has 20 heavy (non-hydrogen) atoms. The molecule has 1 saturated heterocycles. The van der Waals surface area contributed by atoms with Crippen LogP contribution in [0.5, 0.6) is 0 Å². The Balaban J connectivity index is 0.00000361. The lowest BCUT2D eigenvalue weighted by molar-refractivity contribution is -0.122. The fourth-order valence-electron chi connectivity index (χ4n) is 2.65. The summed E-state index contributed by atoms with van der Waals surface area (Å²) in [6.45, 7) is 5.11. The number of nitrogens with zero attached hydrogens (tertiary/aromatic N) is 1. The number of piperidine rings is 1. The second-order valence-corrected chi connectivity index (χ2v) is 6.26. The number of carbonyl (C=O) groups excluding carboxylic acids is 1. The molecule has 1 unspecified atom stereocenters. The summed E-state index contributed by atoms with van der Waals surface area (Å²) in [6, 6.07) is 0.353. The van der Waals surface area contributed by atoms with E-state index in [1.54, 1.807) is 11.8 Å². The molecule has 2 atom stereocenters. The number of thioether (sulfide) groups is 1. The van der Waals surface area contributed by atoms with Crippen LogP contribution in [0, 0.1) is 0 Å². The highest BCUT2D eigenvalue weighted by atomic mass is 35.5. The molecule has 0 aromatic carbocycles. The van der Waals surface area contributed by atoms with Gasteiger partial charge in [-0.1, -0.05) is 13.3 Å². The first-order chi connectivity index (χ1) is 9.19. The van der Waals surface area contributed by atoms with Crippen LogP contribution in [0.3, 0.4) is 0 Å². The topological polar surface area (TPSA) is 58.4 Å². The summed E-state index contributed by atoms with van der Waals surface area (Å²) >= 11 is 1.73. The number of hydrogen-bond donors (Lipinski definition) is 2. The van der Waals surface area contributed by atoms with Gasteiger partial charge in [-0.05, 0) is 44.2 Å². The van der Waals surface area contributed by atoms with Gasteiger partial charge in [-0.15, -0.1) is 12.4 Å². The monoisotopic (exact) mass is 323 g/mol. The van der Waals surface area contributed by atoms with Crippen molar-refractivity contribution in [3.63, 3.8) is 0 Å². The molecule has 0 aromatic heterocycles. The minimum Gasteiger partial charge on any atom is -0.353 e. The second-order valence-electron chi connectivity index (χ2n) is 5.27. The molecular formula is C14H30ClN3OS. The molecule has 0 aromatic rings. The number of rotatable bonds is 8. The Morgan fingerprint density at radius 1 is 1.50 bits per heavy atom. The van der Waals surface area contributed by atoms with Crippen molar-refractivity contribution in [2.24, 2.45) is 5.73 Å². The van der Waals surface area contributed by atoms with Crippen molar-refractivity contribution in [3.05, 3.63) is 0 Å². The predicted molar refractivity (Wildman–Crippen MR) is 90.7 cm³/mol. The Morgan fingerprint density at radius 3 is 2.90 bits per heavy atom. The molecule has 0 aliphatic carbocycles. The molecule has 6 heteroatoms. The minimum atomic E-state index is -0.351. The van der Waals surface area contributed by atoms with E-state index in [1.165, 1.54) is 32.2 Å². The summed E-state index contributed by atoms with van der Waals surface area (Å²) in [5.74, 6) is 0.942. The standard InChI is InChI=1S/C14H29N3OS.ClH/c1-3-12-6-4-5-9-17(12)10-8-16-14(18)13(15)7-11-19-2;/h12-13H,3-11,15H2,1-2H3,(H,16,18);1H/t12?,13-;/m0./s1. The zero-order valence-corrected chi connectivity index (χ0v) is 14.4. The number of halogens is 1. The van der Waals surface area contributed by atoms with Crippen LogP contribution < -0.4 is 11.1 Å². The third-order valence-corrected chi connectivity index (χ3v) is 4.53. The van der Waals surface area contributed by atoms with Crippen LogP contribution in [0.15, 0.2) is 0 Å². The third kappa shape index (κ3) is 7.16. The quantitative estimate of drug-likeness (QED) is 0.716. The molecule has 1 aliphatic heterocycles. The van der Waals surface area contributed by atoms with Crippen LogP contribution in [0.4, 0.5) is 0 Å². The Bertz CT molecular complexity index is 269. The highest BCUT2D eigenvalue weighted by Crippen LogP contribution is 2.18. The molecule has 0 radical (unpaired) electrons. The van der Waals surface area contributed by atoms with E-state index in [9.17, 15) is 4.79 Å². The highest BCUT2D eigenvalue weighted by Gasteiger charge is 2.20. The lowest BCUT2D eigenvalue weighted by atomic mass is 10.0. The Hall–Kier alpha value is 0.0300. The average molecular weight is 324 g/mol. The van der Waals surface area contributed by atoms with Gasteiger partial charge in [0.2, 0.25) is 5.91 Å². The summed E-state index contributed by atoms with van der Waals surface area (Å²) in [5.41, 5.74) is 5.84. The van der Waals surface area contributed by atoms with Gasteiger partial charge in [-0.25, -0.2) is 0 Å². The van der Waals surface area contributed by atoms with E-state index in [0.29, 0.717) is 6.04 Å². The predicted octanol–water partition coefficient (Wildman–Crippen LogP) is 1.87.